The van der Waals surface area contributed by atoms with Crippen molar-refractivity contribution in [1.29, 1.82) is 0 Å². The molecule has 0 radical (unpaired) electrons. The number of hydrogen-bond donors (Lipinski definition) is 0. The summed E-state index contributed by atoms with van der Waals surface area (Å²) in [6, 6.07) is 0. The zero-order valence-electron chi connectivity index (χ0n) is 10.5. The highest BCUT2D eigenvalue weighted by Crippen LogP contribution is 2.34. The first-order chi connectivity index (χ1) is 7.63. The summed E-state index contributed by atoms with van der Waals surface area (Å²) in [5.41, 5.74) is 2.17. The number of rotatable bonds is 5. The number of nitrogens with zero attached hydrogens (tertiary/aromatic N) is 2. The minimum absolute atomic E-state index is 0.416. The van der Waals surface area contributed by atoms with E-state index in [4.69, 9.17) is 9.47 Å². The highest BCUT2D eigenvalue weighted by molar-refractivity contribution is 5.29. The molecule has 16 heavy (non-hydrogen) atoms. The maximum Gasteiger partial charge on any atom is 0.214 e. The van der Waals surface area contributed by atoms with Gasteiger partial charge in [0.25, 0.3) is 0 Å². The summed E-state index contributed by atoms with van der Waals surface area (Å²) >= 11 is 0. The predicted octanol–water partition coefficient (Wildman–Crippen LogP) is 1.84. The highest BCUT2D eigenvalue weighted by Gasteiger charge is 2.38. The average molecular weight is 224 g/mol. The van der Waals surface area contributed by atoms with Crippen molar-refractivity contribution >= 4 is 0 Å². The van der Waals surface area contributed by atoms with Crippen molar-refractivity contribution in [2.75, 3.05) is 13.2 Å². The van der Waals surface area contributed by atoms with Crippen LogP contribution in [-0.2, 0) is 11.8 Å². The lowest BCUT2D eigenvalue weighted by Crippen LogP contribution is -2.08. The minimum Gasteiger partial charge on any atom is -0.477 e. The van der Waals surface area contributed by atoms with Gasteiger partial charge in [-0.2, -0.15) is 5.10 Å². The average Bonchev–Trinajstić information content (AvgIpc) is 2.91. The Bertz CT molecular complexity index is 373. The zero-order valence-corrected chi connectivity index (χ0v) is 10.5. The van der Waals surface area contributed by atoms with Gasteiger partial charge in [0.05, 0.1) is 18.4 Å². The summed E-state index contributed by atoms with van der Waals surface area (Å²) in [5, 5.41) is 4.32. The molecule has 1 aromatic rings. The van der Waals surface area contributed by atoms with Gasteiger partial charge in [0.1, 0.15) is 0 Å². The molecule has 90 valence electrons. The van der Waals surface area contributed by atoms with Crippen LogP contribution in [0.1, 0.15) is 24.6 Å². The maximum atomic E-state index is 5.81. The van der Waals surface area contributed by atoms with Crippen LogP contribution in [0.25, 0.3) is 0 Å². The molecule has 1 aliphatic rings. The second-order valence-electron chi connectivity index (χ2n) is 4.44. The third-order valence-corrected chi connectivity index (χ3v) is 3.13. The molecule has 4 nitrogen and oxygen atoms in total. The minimum atomic E-state index is 0.416. The van der Waals surface area contributed by atoms with Crippen LogP contribution in [0.4, 0.5) is 0 Å². The van der Waals surface area contributed by atoms with Gasteiger partial charge >= 0.3 is 0 Å². The molecule has 0 saturated heterocycles. The maximum absolute atomic E-state index is 5.81. The van der Waals surface area contributed by atoms with Crippen molar-refractivity contribution in [3.63, 3.8) is 0 Å². The van der Waals surface area contributed by atoms with Gasteiger partial charge in [-0.05, 0) is 27.2 Å². The van der Waals surface area contributed by atoms with Crippen LogP contribution in [0.15, 0.2) is 0 Å². The van der Waals surface area contributed by atoms with Crippen LogP contribution in [-0.4, -0.2) is 29.1 Å². The lowest BCUT2D eigenvalue weighted by atomic mass is 10.3. The molecule has 1 aromatic heterocycles. The Morgan fingerprint density at radius 1 is 1.44 bits per heavy atom. The topological polar surface area (TPSA) is 36.3 Å². The van der Waals surface area contributed by atoms with Gasteiger partial charge in [0, 0.05) is 25.1 Å². The van der Waals surface area contributed by atoms with Gasteiger partial charge < -0.3 is 9.47 Å². The Morgan fingerprint density at radius 2 is 2.19 bits per heavy atom. The molecule has 0 amide bonds. The predicted molar refractivity (Wildman–Crippen MR) is 61.7 cm³/mol. The monoisotopic (exact) mass is 224 g/mol. The molecule has 2 atom stereocenters. The first kappa shape index (κ1) is 11.5. The fourth-order valence-corrected chi connectivity index (χ4v) is 1.94. The van der Waals surface area contributed by atoms with E-state index in [2.05, 4.69) is 5.10 Å². The number of ether oxygens (including phenoxy) is 2. The fraction of sp³-hybridized carbons (Fsp3) is 0.750. The number of aromatic nitrogens is 2. The van der Waals surface area contributed by atoms with Crippen LogP contribution in [0.5, 0.6) is 5.88 Å². The van der Waals surface area contributed by atoms with Crippen LogP contribution in [0.2, 0.25) is 0 Å². The van der Waals surface area contributed by atoms with Crippen molar-refractivity contribution in [2.24, 2.45) is 13.0 Å². The summed E-state index contributed by atoms with van der Waals surface area (Å²) < 4.78 is 13.1. The summed E-state index contributed by atoms with van der Waals surface area (Å²) in [5.74, 6) is 1.45. The molecule has 0 bridgehead atoms. The Morgan fingerprint density at radius 3 is 2.75 bits per heavy atom. The van der Waals surface area contributed by atoms with Gasteiger partial charge in [0.15, 0.2) is 0 Å². The first-order valence-electron chi connectivity index (χ1n) is 5.88. The van der Waals surface area contributed by atoms with Crippen LogP contribution < -0.4 is 4.74 Å². The van der Waals surface area contributed by atoms with E-state index < -0.39 is 0 Å². The lowest BCUT2D eigenvalue weighted by molar-refractivity contribution is 0.111. The molecule has 1 aliphatic carbocycles. The number of aryl methyl sites for hydroxylation is 2. The van der Waals surface area contributed by atoms with Crippen molar-refractivity contribution in [3.05, 3.63) is 11.3 Å². The molecule has 4 heteroatoms. The van der Waals surface area contributed by atoms with Crippen LogP contribution in [0, 0.1) is 19.8 Å². The van der Waals surface area contributed by atoms with E-state index in [1.165, 1.54) is 0 Å². The quantitative estimate of drug-likeness (QED) is 0.765. The van der Waals surface area contributed by atoms with E-state index in [0.29, 0.717) is 12.0 Å². The Kier molecular flexibility index (Phi) is 3.19. The van der Waals surface area contributed by atoms with Crippen molar-refractivity contribution in [1.82, 2.24) is 9.78 Å². The van der Waals surface area contributed by atoms with E-state index >= 15 is 0 Å². The molecule has 0 N–H and O–H groups in total. The van der Waals surface area contributed by atoms with Crippen molar-refractivity contribution < 1.29 is 9.47 Å². The molecule has 1 saturated carbocycles. The summed E-state index contributed by atoms with van der Waals surface area (Å²) in [7, 11) is 1.92. The smallest absolute Gasteiger partial charge is 0.214 e. The second-order valence-corrected chi connectivity index (χ2v) is 4.44. The van der Waals surface area contributed by atoms with Gasteiger partial charge in [-0.25, -0.2) is 4.68 Å². The SMILES string of the molecule is CCOC1CC1COc1c(C)c(C)nn1C. The van der Waals surface area contributed by atoms with Gasteiger partial charge in [-0.3, -0.25) is 0 Å². The molecule has 0 spiro atoms. The first-order valence-corrected chi connectivity index (χ1v) is 5.88. The molecular formula is C12H20N2O2. The van der Waals surface area contributed by atoms with E-state index in [-0.39, 0.29) is 0 Å². The van der Waals surface area contributed by atoms with E-state index in [9.17, 15) is 0 Å². The molecule has 2 rings (SSSR count). The fourth-order valence-electron chi connectivity index (χ4n) is 1.94. The Labute approximate surface area is 96.5 Å². The summed E-state index contributed by atoms with van der Waals surface area (Å²) in [6.07, 6.45) is 1.55. The third-order valence-electron chi connectivity index (χ3n) is 3.13. The molecule has 2 unspecified atom stereocenters. The number of hydrogen-bond acceptors (Lipinski definition) is 3. The molecule has 0 aromatic carbocycles. The van der Waals surface area contributed by atoms with Crippen molar-refractivity contribution in [3.8, 4) is 5.88 Å². The van der Waals surface area contributed by atoms with Crippen LogP contribution in [0.3, 0.4) is 0 Å². The molecular weight excluding hydrogens is 204 g/mol. The third kappa shape index (κ3) is 2.21. The second kappa shape index (κ2) is 4.45. The summed E-state index contributed by atoms with van der Waals surface area (Å²) in [6.45, 7) is 7.62. The normalized spacial score (nSPS) is 23.5. The largest absolute Gasteiger partial charge is 0.477 e. The van der Waals surface area contributed by atoms with Gasteiger partial charge in [-0.15, -0.1) is 0 Å². The highest BCUT2D eigenvalue weighted by atomic mass is 16.5. The van der Waals surface area contributed by atoms with E-state index in [1.54, 1.807) is 0 Å². The standard InChI is InChI=1S/C12H20N2O2/c1-5-15-11-6-10(11)7-16-12-8(2)9(3)13-14(12)4/h10-11H,5-7H2,1-4H3. The molecule has 1 heterocycles. The van der Waals surface area contributed by atoms with Crippen molar-refractivity contribution in [2.45, 2.75) is 33.3 Å². The molecule has 0 aliphatic heterocycles. The zero-order chi connectivity index (χ0) is 11.7. The van der Waals surface area contributed by atoms with E-state index in [0.717, 1.165) is 36.8 Å². The van der Waals surface area contributed by atoms with Crippen LogP contribution >= 0.6 is 0 Å². The van der Waals surface area contributed by atoms with E-state index in [1.807, 2.05) is 32.5 Å². The Hall–Kier alpha value is -1.03. The Balaban J connectivity index is 1.86. The van der Waals surface area contributed by atoms with Gasteiger partial charge in [0.2, 0.25) is 5.88 Å². The van der Waals surface area contributed by atoms with Gasteiger partial charge in [-0.1, -0.05) is 0 Å². The molecule has 1 fully saturated rings. The lowest BCUT2D eigenvalue weighted by Gasteiger charge is -2.07. The summed E-state index contributed by atoms with van der Waals surface area (Å²) in [4.78, 5) is 0.